The summed E-state index contributed by atoms with van der Waals surface area (Å²) in [5, 5.41) is 0. The number of fused-ring (bicyclic) bond motifs is 3. The standard InChI is InChI=1S/C20H22N2O2/c1-24-17-9-6-15(7-10-17)22-16-8-11-18(19(23)12-16)20(22)13-2-4-14(21)5-3-13/h2-7,9-10,16,18,20H,8,11-12,21H2,1H3. The van der Waals surface area contributed by atoms with Crippen molar-refractivity contribution in [3.63, 3.8) is 0 Å². The van der Waals surface area contributed by atoms with Gasteiger partial charge in [-0.1, -0.05) is 12.1 Å². The van der Waals surface area contributed by atoms with Gasteiger partial charge >= 0.3 is 0 Å². The van der Waals surface area contributed by atoms with Crippen molar-refractivity contribution in [1.29, 1.82) is 0 Å². The van der Waals surface area contributed by atoms with E-state index in [1.807, 2.05) is 24.3 Å². The second-order valence-corrected chi connectivity index (χ2v) is 6.72. The second-order valence-electron chi connectivity index (χ2n) is 6.72. The van der Waals surface area contributed by atoms with E-state index in [1.54, 1.807) is 7.11 Å². The molecule has 4 nitrogen and oxygen atoms in total. The molecule has 24 heavy (non-hydrogen) atoms. The molecule has 2 bridgehead atoms. The third kappa shape index (κ3) is 2.42. The first-order valence-corrected chi connectivity index (χ1v) is 8.48. The number of piperidine rings is 2. The minimum Gasteiger partial charge on any atom is -0.497 e. The van der Waals surface area contributed by atoms with Gasteiger partial charge in [-0.3, -0.25) is 4.79 Å². The topological polar surface area (TPSA) is 55.6 Å². The third-order valence-corrected chi connectivity index (χ3v) is 5.38. The number of methoxy groups -OCH3 is 1. The number of hydrogen-bond acceptors (Lipinski definition) is 4. The average molecular weight is 322 g/mol. The second kappa shape index (κ2) is 5.86. The Labute approximate surface area is 142 Å². The molecular weight excluding hydrogens is 300 g/mol. The number of nitrogen functional groups attached to an aromatic ring is 1. The van der Waals surface area contributed by atoms with Gasteiger partial charge in [0.1, 0.15) is 11.5 Å². The van der Waals surface area contributed by atoms with Crippen molar-refractivity contribution in [3.8, 4) is 5.75 Å². The molecule has 124 valence electrons. The predicted molar refractivity (Wildman–Crippen MR) is 95.2 cm³/mol. The first-order chi connectivity index (χ1) is 11.7. The SMILES string of the molecule is COc1ccc(N2C3CCC(C(=O)C3)C2c2ccc(N)cc2)cc1. The molecule has 3 fully saturated rings. The number of ether oxygens (including phenoxy) is 1. The number of anilines is 2. The Morgan fingerprint density at radius 1 is 1.04 bits per heavy atom. The van der Waals surface area contributed by atoms with E-state index in [2.05, 4.69) is 29.2 Å². The molecular formula is C20H22N2O2. The van der Waals surface area contributed by atoms with Gasteiger partial charge in [-0.2, -0.15) is 0 Å². The molecule has 5 rings (SSSR count). The summed E-state index contributed by atoms with van der Waals surface area (Å²) in [6.45, 7) is 0. The van der Waals surface area contributed by atoms with Gasteiger partial charge in [0.05, 0.1) is 13.2 Å². The minimum absolute atomic E-state index is 0.0701. The maximum absolute atomic E-state index is 12.5. The van der Waals surface area contributed by atoms with E-state index < -0.39 is 0 Å². The van der Waals surface area contributed by atoms with Gasteiger partial charge in [0.25, 0.3) is 0 Å². The molecule has 3 atom stereocenters. The lowest BCUT2D eigenvalue weighted by atomic mass is 9.71. The van der Waals surface area contributed by atoms with Crippen molar-refractivity contribution >= 4 is 17.2 Å². The number of nitrogens with zero attached hydrogens (tertiary/aromatic N) is 1. The highest BCUT2D eigenvalue weighted by Gasteiger charge is 2.47. The fourth-order valence-electron chi connectivity index (χ4n) is 4.22. The summed E-state index contributed by atoms with van der Waals surface area (Å²) >= 11 is 0. The zero-order valence-corrected chi connectivity index (χ0v) is 13.8. The quantitative estimate of drug-likeness (QED) is 0.878. The molecule has 0 radical (unpaired) electrons. The summed E-state index contributed by atoms with van der Waals surface area (Å²) in [5.41, 5.74) is 8.92. The van der Waals surface area contributed by atoms with E-state index in [1.165, 1.54) is 5.56 Å². The Bertz CT molecular complexity index is 739. The lowest BCUT2D eigenvalue weighted by Crippen LogP contribution is -2.54. The molecule has 2 aliphatic heterocycles. The van der Waals surface area contributed by atoms with Crippen molar-refractivity contribution < 1.29 is 9.53 Å². The number of hydrogen-bond donors (Lipinski definition) is 1. The van der Waals surface area contributed by atoms with Crippen LogP contribution in [0.25, 0.3) is 0 Å². The molecule has 2 aromatic carbocycles. The summed E-state index contributed by atoms with van der Waals surface area (Å²) < 4.78 is 5.27. The van der Waals surface area contributed by atoms with Crippen LogP contribution in [0, 0.1) is 5.92 Å². The number of rotatable bonds is 3. The highest BCUT2D eigenvalue weighted by molar-refractivity contribution is 5.86. The number of nitrogens with two attached hydrogens (primary N) is 1. The number of carbonyl (C=O) groups excluding carboxylic acids is 1. The fourth-order valence-corrected chi connectivity index (χ4v) is 4.22. The summed E-state index contributed by atoms with van der Waals surface area (Å²) in [6, 6.07) is 16.5. The number of carbonyl (C=O) groups is 1. The largest absolute Gasteiger partial charge is 0.497 e. The molecule has 2 aromatic rings. The van der Waals surface area contributed by atoms with Crippen molar-refractivity contribution in [2.24, 2.45) is 5.92 Å². The van der Waals surface area contributed by atoms with Gasteiger partial charge in [0.15, 0.2) is 0 Å². The molecule has 1 saturated carbocycles. The monoisotopic (exact) mass is 322 g/mol. The summed E-state index contributed by atoms with van der Waals surface area (Å²) in [5.74, 6) is 1.32. The van der Waals surface area contributed by atoms with E-state index in [0.717, 1.165) is 30.0 Å². The fraction of sp³-hybridized carbons (Fsp3) is 0.350. The zero-order valence-electron chi connectivity index (χ0n) is 13.8. The van der Waals surface area contributed by atoms with Crippen LogP contribution in [0.15, 0.2) is 48.5 Å². The Hall–Kier alpha value is -2.49. The highest BCUT2D eigenvalue weighted by Crippen LogP contribution is 2.48. The zero-order chi connectivity index (χ0) is 16.7. The van der Waals surface area contributed by atoms with Crippen LogP contribution in [-0.2, 0) is 4.79 Å². The van der Waals surface area contributed by atoms with Gasteiger partial charge in [0, 0.05) is 29.8 Å². The normalized spacial score (nSPS) is 25.8. The Balaban J connectivity index is 1.76. The van der Waals surface area contributed by atoms with E-state index in [0.29, 0.717) is 12.2 Å². The number of ketones is 1. The lowest BCUT2D eigenvalue weighted by molar-refractivity contribution is -0.128. The Morgan fingerprint density at radius 2 is 1.75 bits per heavy atom. The van der Waals surface area contributed by atoms with E-state index in [4.69, 9.17) is 10.5 Å². The molecule has 3 unspecified atom stereocenters. The molecule has 2 N–H and O–H groups in total. The molecule has 2 heterocycles. The predicted octanol–water partition coefficient (Wildman–Crippen LogP) is 3.58. The van der Waals surface area contributed by atoms with Gasteiger partial charge in [-0.25, -0.2) is 0 Å². The van der Waals surface area contributed by atoms with Gasteiger partial charge < -0.3 is 15.4 Å². The Morgan fingerprint density at radius 3 is 2.38 bits per heavy atom. The molecule has 0 spiro atoms. The van der Waals surface area contributed by atoms with Crippen molar-refractivity contribution in [2.75, 3.05) is 17.7 Å². The third-order valence-electron chi connectivity index (χ3n) is 5.38. The molecule has 1 aliphatic carbocycles. The minimum atomic E-state index is 0.0701. The molecule has 3 aliphatic rings. The molecule has 0 amide bonds. The van der Waals surface area contributed by atoms with Crippen LogP contribution >= 0.6 is 0 Å². The van der Waals surface area contributed by atoms with Crippen LogP contribution in [0.3, 0.4) is 0 Å². The van der Waals surface area contributed by atoms with Crippen molar-refractivity contribution in [2.45, 2.75) is 31.3 Å². The van der Waals surface area contributed by atoms with Crippen LogP contribution in [0.4, 0.5) is 11.4 Å². The smallest absolute Gasteiger partial charge is 0.140 e. The molecule has 4 heteroatoms. The van der Waals surface area contributed by atoms with E-state index >= 15 is 0 Å². The van der Waals surface area contributed by atoms with Crippen molar-refractivity contribution in [3.05, 3.63) is 54.1 Å². The van der Waals surface area contributed by atoms with Crippen LogP contribution < -0.4 is 15.4 Å². The maximum atomic E-state index is 12.5. The summed E-state index contributed by atoms with van der Waals surface area (Å²) in [7, 11) is 1.67. The number of benzene rings is 2. The van der Waals surface area contributed by atoms with Gasteiger partial charge in [0.2, 0.25) is 0 Å². The van der Waals surface area contributed by atoms with Crippen LogP contribution in [-0.4, -0.2) is 18.9 Å². The molecule has 2 saturated heterocycles. The first kappa shape index (κ1) is 15.1. The van der Waals surface area contributed by atoms with Crippen LogP contribution in [0.1, 0.15) is 30.9 Å². The van der Waals surface area contributed by atoms with Crippen LogP contribution in [0.2, 0.25) is 0 Å². The maximum Gasteiger partial charge on any atom is 0.140 e. The average Bonchev–Trinajstić information content (AvgIpc) is 2.62. The van der Waals surface area contributed by atoms with Gasteiger partial charge in [-0.05, 0) is 54.8 Å². The Kier molecular flexibility index (Phi) is 3.68. The summed E-state index contributed by atoms with van der Waals surface area (Å²) in [6.07, 6.45) is 2.71. The van der Waals surface area contributed by atoms with Crippen LogP contribution in [0.5, 0.6) is 5.75 Å². The summed E-state index contributed by atoms with van der Waals surface area (Å²) in [4.78, 5) is 14.9. The van der Waals surface area contributed by atoms with Gasteiger partial charge in [-0.15, -0.1) is 0 Å². The van der Waals surface area contributed by atoms with E-state index in [9.17, 15) is 4.79 Å². The van der Waals surface area contributed by atoms with Crippen molar-refractivity contribution in [1.82, 2.24) is 0 Å². The van der Waals surface area contributed by atoms with E-state index in [-0.39, 0.29) is 18.0 Å². The number of Topliss-reactive ketones (excluding diaryl/α,β-unsaturated/α-hetero) is 1. The first-order valence-electron chi connectivity index (χ1n) is 8.48. The highest BCUT2D eigenvalue weighted by atomic mass is 16.5. The lowest BCUT2D eigenvalue weighted by Gasteiger charge is -2.52. The molecule has 0 aromatic heterocycles.